The van der Waals surface area contributed by atoms with Crippen LogP contribution in [0.25, 0.3) is 0 Å². The summed E-state index contributed by atoms with van der Waals surface area (Å²) in [5, 5.41) is 6.20. The molecule has 0 fully saturated rings. The number of carbonyl (C=O) groups excluding carboxylic acids is 1. The van der Waals surface area contributed by atoms with Gasteiger partial charge in [-0.15, -0.1) is 0 Å². The number of amides is 1. The fraction of sp³-hybridized carbons (Fsp3) is 0.333. The number of anilines is 2. The van der Waals surface area contributed by atoms with Gasteiger partial charge in [0.25, 0.3) is 5.91 Å². The van der Waals surface area contributed by atoms with Gasteiger partial charge in [-0.3, -0.25) is 9.78 Å². The minimum atomic E-state index is -0.143. The number of hydrogen-bond donors (Lipinski definition) is 2. The molecule has 0 spiro atoms. The lowest BCUT2D eigenvalue weighted by Gasteiger charge is -2.09. The Morgan fingerprint density at radius 2 is 2.00 bits per heavy atom. The van der Waals surface area contributed by atoms with Crippen molar-refractivity contribution < 1.29 is 4.79 Å². The van der Waals surface area contributed by atoms with E-state index in [1.54, 1.807) is 12.4 Å². The van der Waals surface area contributed by atoms with E-state index in [1.165, 1.54) is 12.8 Å². The van der Waals surface area contributed by atoms with Gasteiger partial charge >= 0.3 is 0 Å². The van der Waals surface area contributed by atoms with Crippen LogP contribution in [0.15, 0.2) is 42.7 Å². The molecule has 0 bridgehead atoms. The van der Waals surface area contributed by atoms with Gasteiger partial charge in [-0.2, -0.15) is 0 Å². The molecule has 1 heterocycles. The second-order valence-electron chi connectivity index (χ2n) is 5.42. The molecule has 0 aliphatic heterocycles. The summed E-state index contributed by atoms with van der Waals surface area (Å²) in [4.78, 5) is 16.4. The molecule has 0 atom stereocenters. The highest BCUT2D eigenvalue weighted by molar-refractivity contribution is 6.04. The quantitative estimate of drug-likeness (QED) is 0.751. The summed E-state index contributed by atoms with van der Waals surface area (Å²) in [6.07, 6.45) is 6.85. The van der Waals surface area contributed by atoms with Crippen molar-refractivity contribution in [3.8, 4) is 0 Å². The summed E-state index contributed by atoms with van der Waals surface area (Å²) in [6, 6.07) is 9.58. The lowest BCUT2D eigenvalue weighted by Crippen LogP contribution is -2.13. The Morgan fingerprint density at radius 3 is 2.77 bits per heavy atom. The fourth-order valence-corrected chi connectivity index (χ4v) is 2.19. The highest BCUT2D eigenvalue weighted by atomic mass is 16.1. The van der Waals surface area contributed by atoms with Crippen molar-refractivity contribution in [2.75, 3.05) is 17.2 Å². The zero-order chi connectivity index (χ0) is 15.8. The van der Waals surface area contributed by atoms with Crippen LogP contribution in [-0.4, -0.2) is 17.4 Å². The topological polar surface area (TPSA) is 54.0 Å². The van der Waals surface area contributed by atoms with Crippen molar-refractivity contribution >= 4 is 17.3 Å². The number of carbonyl (C=O) groups is 1. The predicted octanol–water partition coefficient (Wildman–Crippen LogP) is 4.24. The van der Waals surface area contributed by atoms with E-state index in [4.69, 9.17) is 0 Å². The van der Waals surface area contributed by atoms with Crippen molar-refractivity contribution in [1.29, 1.82) is 0 Å². The minimum absolute atomic E-state index is 0.143. The minimum Gasteiger partial charge on any atom is -0.384 e. The maximum absolute atomic E-state index is 12.3. The summed E-state index contributed by atoms with van der Waals surface area (Å²) < 4.78 is 0. The molecule has 1 aromatic heterocycles. The molecular formula is C18H23N3O. The van der Waals surface area contributed by atoms with Gasteiger partial charge in [-0.25, -0.2) is 0 Å². The van der Waals surface area contributed by atoms with Crippen molar-refractivity contribution in [3.05, 3.63) is 53.9 Å². The normalized spacial score (nSPS) is 10.3. The highest BCUT2D eigenvalue weighted by Gasteiger charge is 2.07. The summed E-state index contributed by atoms with van der Waals surface area (Å²) in [6.45, 7) is 5.08. The molecule has 0 saturated heterocycles. The molecular weight excluding hydrogens is 274 g/mol. The summed E-state index contributed by atoms with van der Waals surface area (Å²) in [7, 11) is 0. The third-order valence-electron chi connectivity index (χ3n) is 3.39. The monoisotopic (exact) mass is 297 g/mol. The van der Waals surface area contributed by atoms with Gasteiger partial charge in [-0.05, 0) is 37.1 Å². The first kappa shape index (κ1) is 16.0. The predicted molar refractivity (Wildman–Crippen MR) is 91.4 cm³/mol. The van der Waals surface area contributed by atoms with E-state index < -0.39 is 0 Å². The number of benzene rings is 1. The van der Waals surface area contributed by atoms with Crippen LogP contribution < -0.4 is 10.6 Å². The molecule has 2 rings (SSSR count). The van der Waals surface area contributed by atoms with Crippen LogP contribution >= 0.6 is 0 Å². The fourth-order valence-electron chi connectivity index (χ4n) is 2.19. The average Bonchev–Trinajstić information content (AvgIpc) is 2.52. The van der Waals surface area contributed by atoms with E-state index in [0.29, 0.717) is 5.56 Å². The van der Waals surface area contributed by atoms with Crippen LogP contribution in [0.2, 0.25) is 0 Å². The van der Waals surface area contributed by atoms with E-state index in [1.807, 2.05) is 37.3 Å². The maximum Gasteiger partial charge on any atom is 0.257 e. The van der Waals surface area contributed by atoms with Crippen molar-refractivity contribution in [3.63, 3.8) is 0 Å². The Bertz CT molecular complexity index is 625. The molecule has 2 aromatic rings. The second-order valence-corrected chi connectivity index (χ2v) is 5.42. The zero-order valence-corrected chi connectivity index (χ0v) is 13.2. The van der Waals surface area contributed by atoms with Gasteiger partial charge in [0.15, 0.2) is 0 Å². The molecule has 0 saturated carbocycles. The van der Waals surface area contributed by atoms with E-state index in [-0.39, 0.29) is 5.91 Å². The van der Waals surface area contributed by atoms with E-state index in [9.17, 15) is 4.79 Å². The number of aromatic nitrogens is 1. The van der Waals surface area contributed by atoms with Gasteiger partial charge in [0.2, 0.25) is 0 Å². The van der Waals surface area contributed by atoms with E-state index in [0.717, 1.165) is 29.9 Å². The van der Waals surface area contributed by atoms with Gasteiger partial charge in [0.1, 0.15) is 0 Å². The molecule has 0 radical (unpaired) electrons. The van der Waals surface area contributed by atoms with Crippen LogP contribution in [0.4, 0.5) is 11.4 Å². The van der Waals surface area contributed by atoms with Crippen LogP contribution in [0.1, 0.15) is 42.1 Å². The number of pyridine rings is 1. The number of nitrogens with one attached hydrogen (secondary N) is 2. The first-order valence-corrected chi connectivity index (χ1v) is 7.76. The third kappa shape index (κ3) is 4.88. The number of aryl methyl sites for hydroxylation is 1. The Labute approximate surface area is 132 Å². The molecule has 116 valence electrons. The number of unbranched alkanes of at least 4 members (excludes halogenated alkanes) is 2. The van der Waals surface area contributed by atoms with Crippen LogP contribution in [0.3, 0.4) is 0 Å². The third-order valence-corrected chi connectivity index (χ3v) is 3.39. The van der Waals surface area contributed by atoms with Gasteiger partial charge in [-0.1, -0.05) is 31.9 Å². The van der Waals surface area contributed by atoms with Gasteiger partial charge in [0, 0.05) is 24.6 Å². The Kier molecular flexibility index (Phi) is 5.95. The molecule has 1 amide bonds. The zero-order valence-electron chi connectivity index (χ0n) is 13.2. The second kappa shape index (κ2) is 8.17. The molecule has 2 N–H and O–H groups in total. The Hall–Kier alpha value is -2.36. The molecule has 0 aliphatic rings. The summed E-state index contributed by atoms with van der Waals surface area (Å²) in [5.74, 6) is -0.143. The van der Waals surface area contributed by atoms with Crippen LogP contribution in [-0.2, 0) is 0 Å². The maximum atomic E-state index is 12.3. The average molecular weight is 297 g/mol. The number of nitrogens with zero attached hydrogens (tertiary/aromatic N) is 1. The molecule has 0 aliphatic carbocycles. The summed E-state index contributed by atoms with van der Waals surface area (Å²) >= 11 is 0. The van der Waals surface area contributed by atoms with Crippen LogP contribution in [0, 0.1) is 6.92 Å². The highest BCUT2D eigenvalue weighted by Crippen LogP contribution is 2.13. The molecule has 4 nitrogen and oxygen atoms in total. The van der Waals surface area contributed by atoms with Gasteiger partial charge < -0.3 is 10.6 Å². The Balaban J connectivity index is 1.97. The molecule has 22 heavy (non-hydrogen) atoms. The molecule has 4 heteroatoms. The molecule has 1 aromatic carbocycles. The van der Waals surface area contributed by atoms with Crippen molar-refractivity contribution in [2.45, 2.75) is 33.1 Å². The van der Waals surface area contributed by atoms with E-state index >= 15 is 0 Å². The van der Waals surface area contributed by atoms with Crippen molar-refractivity contribution in [2.24, 2.45) is 0 Å². The lowest BCUT2D eigenvalue weighted by atomic mass is 10.2. The lowest BCUT2D eigenvalue weighted by molar-refractivity contribution is 0.102. The number of rotatable bonds is 7. The van der Waals surface area contributed by atoms with Gasteiger partial charge in [0.05, 0.1) is 11.3 Å². The molecule has 0 unspecified atom stereocenters. The summed E-state index contributed by atoms with van der Waals surface area (Å²) in [5.41, 5.74) is 3.35. The number of hydrogen-bond acceptors (Lipinski definition) is 3. The SMILES string of the molecule is CCCCCNc1cncc(C(=O)Nc2cccc(C)c2)c1. The Morgan fingerprint density at radius 1 is 1.14 bits per heavy atom. The standard InChI is InChI=1S/C18H23N3O/c1-3-4-5-9-20-17-11-15(12-19-13-17)18(22)21-16-8-6-7-14(2)10-16/h6-8,10-13,20H,3-5,9H2,1-2H3,(H,21,22). The smallest absolute Gasteiger partial charge is 0.257 e. The van der Waals surface area contributed by atoms with Crippen LogP contribution in [0.5, 0.6) is 0 Å². The first-order chi connectivity index (χ1) is 10.7. The van der Waals surface area contributed by atoms with Crippen molar-refractivity contribution in [1.82, 2.24) is 4.98 Å². The largest absolute Gasteiger partial charge is 0.384 e. The van der Waals surface area contributed by atoms with E-state index in [2.05, 4.69) is 22.5 Å². The first-order valence-electron chi connectivity index (χ1n) is 7.76.